The number of ether oxygens (including phenoxy) is 2. The van der Waals surface area contributed by atoms with Crippen LogP contribution < -0.4 is 0 Å². The molecule has 186 valence electrons. The number of morpholine rings is 1. The maximum Gasteiger partial charge on any atom is 0.416 e. The molecule has 1 aromatic carbocycles. The number of hydrogen-bond donors (Lipinski definition) is 0. The molecule has 36 heavy (non-hydrogen) atoms. The summed E-state index contributed by atoms with van der Waals surface area (Å²) in [5, 5.41) is 0. The van der Waals surface area contributed by atoms with Gasteiger partial charge in [-0.1, -0.05) is 17.7 Å². The molecule has 5 rings (SSSR count). The Morgan fingerprint density at radius 1 is 1.08 bits per heavy atom. The Morgan fingerprint density at radius 3 is 2.61 bits per heavy atom. The Labute approximate surface area is 211 Å². The number of rotatable bonds is 4. The molecule has 10 heteroatoms. The molecular formula is C26H23F3N4O2S. The van der Waals surface area contributed by atoms with Gasteiger partial charge >= 0.3 is 6.18 Å². The summed E-state index contributed by atoms with van der Waals surface area (Å²) in [6.07, 6.45) is 4.04. The van der Waals surface area contributed by atoms with E-state index in [9.17, 15) is 13.2 Å². The van der Waals surface area contributed by atoms with Crippen LogP contribution in [0.2, 0.25) is 0 Å². The molecule has 0 atom stereocenters. The monoisotopic (exact) mass is 512 g/mol. The van der Waals surface area contributed by atoms with Crippen LogP contribution in [0.15, 0.2) is 76.0 Å². The fourth-order valence-corrected chi connectivity index (χ4v) is 5.13. The second kappa shape index (κ2) is 10.4. The number of allylic oxidation sites excluding steroid dienone is 2. The lowest BCUT2D eigenvalue weighted by molar-refractivity contribution is -0.137. The molecule has 0 N–H and O–H groups in total. The molecule has 1 fully saturated rings. The van der Waals surface area contributed by atoms with E-state index < -0.39 is 11.7 Å². The largest absolute Gasteiger partial charge is 0.485 e. The van der Waals surface area contributed by atoms with E-state index in [4.69, 9.17) is 9.47 Å². The molecule has 0 amide bonds. The first-order valence-corrected chi connectivity index (χ1v) is 12.2. The summed E-state index contributed by atoms with van der Waals surface area (Å²) in [6.45, 7) is 3.30. The van der Waals surface area contributed by atoms with Gasteiger partial charge in [0.15, 0.2) is 5.76 Å². The van der Waals surface area contributed by atoms with Crippen molar-refractivity contribution in [1.82, 2.24) is 19.8 Å². The SMILES string of the molecule is CN1C=CC2=C(Sc3cc(CN4CCOCC4)cc(C(F)(F)F)c3)COC2=C1C#Cc1cncnc1. The normalized spacial score (nSPS) is 18.2. The number of hydrogen-bond acceptors (Lipinski definition) is 7. The quantitative estimate of drug-likeness (QED) is 0.562. The van der Waals surface area contributed by atoms with Crippen LogP contribution in [0.25, 0.3) is 0 Å². The minimum Gasteiger partial charge on any atom is -0.485 e. The number of benzene rings is 1. The van der Waals surface area contributed by atoms with E-state index in [0.29, 0.717) is 60.3 Å². The van der Waals surface area contributed by atoms with Crippen molar-refractivity contribution < 1.29 is 22.6 Å². The average Bonchev–Trinajstić information content (AvgIpc) is 3.26. The summed E-state index contributed by atoms with van der Waals surface area (Å²) >= 11 is 1.30. The molecule has 0 aliphatic carbocycles. The molecule has 0 bridgehead atoms. The summed E-state index contributed by atoms with van der Waals surface area (Å²) in [4.78, 5) is 13.3. The van der Waals surface area contributed by atoms with Gasteiger partial charge in [-0.15, -0.1) is 0 Å². The van der Waals surface area contributed by atoms with Gasteiger partial charge in [-0.05, 0) is 35.8 Å². The first-order valence-electron chi connectivity index (χ1n) is 11.3. The van der Waals surface area contributed by atoms with Crippen molar-refractivity contribution in [2.24, 2.45) is 0 Å². The van der Waals surface area contributed by atoms with E-state index >= 15 is 0 Å². The predicted molar refractivity (Wildman–Crippen MR) is 129 cm³/mol. The zero-order chi connectivity index (χ0) is 25.1. The first kappa shape index (κ1) is 24.4. The summed E-state index contributed by atoms with van der Waals surface area (Å²) in [5.74, 6) is 6.77. The zero-order valence-electron chi connectivity index (χ0n) is 19.5. The van der Waals surface area contributed by atoms with E-state index in [0.717, 1.165) is 10.5 Å². The van der Waals surface area contributed by atoms with Crippen molar-refractivity contribution in [3.05, 3.63) is 87.8 Å². The third kappa shape index (κ3) is 5.59. The standard InChI is InChI=1S/C26H23F3N4O2S/c1-32-5-4-22-24(16-35-25(22)23(32)3-2-18-13-30-17-31-14-18)36-21-11-19(10-20(12-21)26(27,28)29)15-33-6-8-34-9-7-33/h4-5,10-14,17H,6-9,15-16H2,1H3. The van der Waals surface area contributed by atoms with Gasteiger partial charge in [0.2, 0.25) is 0 Å². The second-order valence-electron chi connectivity index (χ2n) is 8.46. The third-order valence-electron chi connectivity index (χ3n) is 5.86. The molecule has 6 nitrogen and oxygen atoms in total. The number of thioether (sulfide) groups is 1. The molecule has 4 heterocycles. The van der Waals surface area contributed by atoms with Crippen LogP contribution in [0.5, 0.6) is 0 Å². The summed E-state index contributed by atoms with van der Waals surface area (Å²) in [7, 11) is 1.87. The summed E-state index contributed by atoms with van der Waals surface area (Å²) in [5.41, 5.74) is 2.16. The van der Waals surface area contributed by atoms with E-state index in [2.05, 4.69) is 26.7 Å². The minimum absolute atomic E-state index is 0.266. The van der Waals surface area contributed by atoms with E-state index in [1.165, 1.54) is 30.2 Å². The highest BCUT2D eigenvalue weighted by Crippen LogP contribution is 2.42. The number of halogens is 3. The van der Waals surface area contributed by atoms with Crippen LogP contribution >= 0.6 is 11.8 Å². The molecule has 1 saturated heterocycles. The fraction of sp³-hybridized carbons (Fsp3) is 0.308. The Balaban J connectivity index is 1.45. The number of alkyl halides is 3. The Morgan fingerprint density at radius 2 is 1.86 bits per heavy atom. The maximum absolute atomic E-state index is 13.7. The highest BCUT2D eigenvalue weighted by atomic mass is 32.2. The van der Waals surface area contributed by atoms with Crippen molar-refractivity contribution in [2.45, 2.75) is 17.6 Å². The molecule has 0 radical (unpaired) electrons. The average molecular weight is 513 g/mol. The van der Waals surface area contributed by atoms with Crippen LogP contribution in [0.4, 0.5) is 13.2 Å². The van der Waals surface area contributed by atoms with Crippen molar-refractivity contribution in [1.29, 1.82) is 0 Å². The molecule has 0 unspecified atom stereocenters. The lowest BCUT2D eigenvalue weighted by atomic mass is 10.1. The molecule has 0 spiro atoms. The Bertz CT molecular complexity index is 1290. The van der Waals surface area contributed by atoms with Gasteiger partial charge in [-0.25, -0.2) is 9.97 Å². The number of nitrogens with zero attached hydrogens (tertiary/aromatic N) is 4. The van der Waals surface area contributed by atoms with Gasteiger partial charge in [0.25, 0.3) is 0 Å². The molecule has 2 aromatic rings. The summed E-state index contributed by atoms with van der Waals surface area (Å²) < 4.78 is 52.4. The van der Waals surface area contributed by atoms with Crippen LogP contribution in [-0.2, 0) is 22.2 Å². The predicted octanol–water partition coefficient (Wildman–Crippen LogP) is 4.43. The molecule has 3 aliphatic heterocycles. The first-order chi connectivity index (χ1) is 17.4. The van der Waals surface area contributed by atoms with Crippen LogP contribution in [0.3, 0.4) is 0 Å². The Kier molecular flexibility index (Phi) is 7.05. The van der Waals surface area contributed by atoms with E-state index in [1.807, 2.05) is 30.3 Å². The highest BCUT2D eigenvalue weighted by Gasteiger charge is 2.32. The second-order valence-corrected chi connectivity index (χ2v) is 9.63. The fourth-order valence-electron chi connectivity index (χ4n) is 4.06. The van der Waals surface area contributed by atoms with Gasteiger partial charge in [-0.2, -0.15) is 13.2 Å². The smallest absolute Gasteiger partial charge is 0.416 e. The van der Waals surface area contributed by atoms with E-state index in [1.54, 1.807) is 12.4 Å². The van der Waals surface area contributed by atoms with Gasteiger partial charge in [0.05, 0.1) is 24.3 Å². The van der Waals surface area contributed by atoms with Crippen molar-refractivity contribution in [3.8, 4) is 11.8 Å². The number of fused-ring (bicyclic) bond motifs is 1. The maximum atomic E-state index is 13.7. The topological polar surface area (TPSA) is 50.7 Å². The van der Waals surface area contributed by atoms with Gasteiger partial charge in [0.1, 0.15) is 18.6 Å². The lowest BCUT2D eigenvalue weighted by Gasteiger charge is -2.27. The lowest BCUT2D eigenvalue weighted by Crippen LogP contribution is -2.35. The van der Waals surface area contributed by atoms with Crippen LogP contribution in [0, 0.1) is 11.8 Å². The van der Waals surface area contributed by atoms with Gasteiger partial charge < -0.3 is 14.4 Å². The van der Waals surface area contributed by atoms with Crippen LogP contribution in [-0.4, -0.2) is 59.7 Å². The van der Waals surface area contributed by atoms with Crippen molar-refractivity contribution >= 4 is 11.8 Å². The molecular weight excluding hydrogens is 489 g/mol. The van der Waals surface area contributed by atoms with Gasteiger partial charge in [-0.3, -0.25) is 4.90 Å². The van der Waals surface area contributed by atoms with Gasteiger partial charge in [0, 0.05) is 60.6 Å². The molecule has 1 aromatic heterocycles. The van der Waals surface area contributed by atoms with E-state index in [-0.39, 0.29) is 6.61 Å². The van der Waals surface area contributed by atoms with Crippen LogP contribution in [0.1, 0.15) is 16.7 Å². The minimum atomic E-state index is -4.43. The molecule has 0 saturated carbocycles. The van der Waals surface area contributed by atoms with Crippen molar-refractivity contribution in [2.75, 3.05) is 40.0 Å². The number of aromatic nitrogens is 2. The highest BCUT2D eigenvalue weighted by molar-refractivity contribution is 8.03. The molecule has 3 aliphatic rings. The third-order valence-corrected chi connectivity index (χ3v) is 6.91. The zero-order valence-corrected chi connectivity index (χ0v) is 20.3. The summed E-state index contributed by atoms with van der Waals surface area (Å²) in [6, 6.07) is 4.28. The van der Waals surface area contributed by atoms with Crippen molar-refractivity contribution in [3.63, 3.8) is 0 Å². The Hall–Kier alpha value is -3.26.